The van der Waals surface area contributed by atoms with Crippen LogP contribution in [0.5, 0.6) is 0 Å². The molecule has 1 aromatic rings. The third kappa shape index (κ3) is 2.21. The predicted octanol–water partition coefficient (Wildman–Crippen LogP) is 1.07. The summed E-state index contributed by atoms with van der Waals surface area (Å²) >= 11 is 0. The van der Waals surface area contributed by atoms with Gasteiger partial charge in [0.25, 0.3) is 5.91 Å². The highest BCUT2D eigenvalue weighted by Crippen LogP contribution is 2.33. The second-order valence-electron chi connectivity index (χ2n) is 5.23. The lowest BCUT2D eigenvalue weighted by molar-refractivity contribution is -0.131. The van der Waals surface area contributed by atoms with Gasteiger partial charge in [-0.25, -0.2) is 12.8 Å². The van der Waals surface area contributed by atoms with Gasteiger partial charge in [0.15, 0.2) is 5.83 Å². The molecule has 1 aromatic carbocycles. The van der Waals surface area contributed by atoms with E-state index in [0.29, 0.717) is 18.7 Å². The van der Waals surface area contributed by atoms with Gasteiger partial charge in [-0.15, -0.1) is 0 Å². The number of fused-ring (bicyclic) bond motifs is 1. The fraction of sp³-hybridized carbons (Fsp3) is 0.357. The zero-order chi connectivity index (χ0) is 15.2. The average Bonchev–Trinajstić information content (AvgIpc) is 2.80. The molecule has 0 saturated carbocycles. The number of nitrogens with zero attached hydrogens (tertiary/aromatic N) is 2. The largest absolute Gasteiger partial charge is 0.334 e. The smallest absolute Gasteiger partial charge is 0.282 e. The van der Waals surface area contributed by atoms with Crippen LogP contribution in [0.4, 0.5) is 10.1 Å². The van der Waals surface area contributed by atoms with E-state index in [0.717, 1.165) is 10.5 Å². The number of hydrogen-bond donors (Lipinski definition) is 0. The molecule has 0 atom stereocenters. The van der Waals surface area contributed by atoms with Gasteiger partial charge in [-0.05, 0) is 18.1 Å². The normalized spacial score (nSPS) is 18.3. The highest BCUT2D eigenvalue weighted by molar-refractivity contribution is 7.93. The van der Waals surface area contributed by atoms with Gasteiger partial charge < -0.3 is 4.90 Å². The molecule has 0 unspecified atom stereocenters. The number of hydrogen-bond acceptors (Lipinski definition) is 3. The molecule has 1 amide bonds. The Hall–Kier alpha value is -1.89. The Balaban J connectivity index is 1.76. The summed E-state index contributed by atoms with van der Waals surface area (Å²) in [5.74, 6) is -1.89. The monoisotopic (exact) mass is 310 g/mol. The van der Waals surface area contributed by atoms with E-state index < -0.39 is 27.0 Å². The van der Waals surface area contributed by atoms with Gasteiger partial charge in [-0.2, -0.15) is 0 Å². The lowest BCUT2D eigenvalue weighted by Gasteiger charge is -2.40. The van der Waals surface area contributed by atoms with Crippen LogP contribution in [-0.4, -0.2) is 44.1 Å². The molecule has 7 heteroatoms. The SMILES string of the molecule is C=C(F)C(=O)N1CC(S(=O)(=O)N2CCc3ccccc32)C1. The number of carbonyl (C=O) groups is 1. The third-order valence-electron chi connectivity index (χ3n) is 3.94. The highest BCUT2D eigenvalue weighted by Gasteiger charge is 2.44. The molecular formula is C14H15FN2O3S. The molecule has 0 aliphatic carbocycles. The average molecular weight is 310 g/mol. The van der Waals surface area contributed by atoms with E-state index in [1.807, 2.05) is 12.1 Å². The summed E-state index contributed by atoms with van der Waals surface area (Å²) in [5.41, 5.74) is 1.71. The fourth-order valence-corrected chi connectivity index (χ4v) is 4.61. The van der Waals surface area contributed by atoms with Crippen molar-refractivity contribution in [3.05, 3.63) is 42.2 Å². The number of halogens is 1. The molecule has 1 saturated heterocycles. The van der Waals surface area contributed by atoms with Crippen LogP contribution < -0.4 is 4.31 Å². The summed E-state index contributed by atoms with van der Waals surface area (Å²) in [6.07, 6.45) is 0.687. The summed E-state index contributed by atoms with van der Waals surface area (Å²) in [6.45, 7) is 3.39. The topological polar surface area (TPSA) is 57.7 Å². The van der Waals surface area contributed by atoms with Gasteiger partial charge >= 0.3 is 0 Å². The molecule has 1 fully saturated rings. The number of likely N-dealkylation sites (tertiary alicyclic amines) is 1. The van der Waals surface area contributed by atoms with Crippen molar-refractivity contribution in [1.29, 1.82) is 0 Å². The van der Waals surface area contributed by atoms with Crippen molar-refractivity contribution in [2.45, 2.75) is 11.7 Å². The second kappa shape index (κ2) is 4.84. The summed E-state index contributed by atoms with van der Waals surface area (Å²) in [5, 5.41) is -0.674. The van der Waals surface area contributed by atoms with Gasteiger partial charge in [0.1, 0.15) is 5.25 Å². The predicted molar refractivity (Wildman–Crippen MR) is 77.0 cm³/mol. The number of sulfonamides is 1. The fourth-order valence-electron chi connectivity index (χ4n) is 2.72. The minimum absolute atomic E-state index is 0.0166. The van der Waals surface area contributed by atoms with E-state index in [2.05, 4.69) is 6.58 Å². The van der Waals surface area contributed by atoms with Gasteiger partial charge in [0, 0.05) is 19.6 Å². The van der Waals surface area contributed by atoms with E-state index in [1.165, 1.54) is 4.31 Å². The Bertz CT molecular complexity index is 711. The lowest BCUT2D eigenvalue weighted by Crippen LogP contribution is -2.60. The molecule has 0 N–H and O–H groups in total. The Labute approximate surface area is 122 Å². The van der Waals surface area contributed by atoms with Crippen molar-refractivity contribution in [1.82, 2.24) is 4.90 Å². The van der Waals surface area contributed by atoms with E-state index in [4.69, 9.17) is 0 Å². The molecule has 2 aliphatic rings. The van der Waals surface area contributed by atoms with Crippen molar-refractivity contribution >= 4 is 21.6 Å². The Morgan fingerprint density at radius 3 is 2.62 bits per heavy atom. The first-order valence-corrected chi connectivity index (χ1v) is 8.14. The Morgan fingerprint density at radius 2 is 1.95 bits per heavy atom. The maximum Gasteiger partial charge on any atom is 0.282 e. The van der Waals surface area contributed by atoms with Crippen LogP contribution in [0.3, 0.4) is 0 Å². The molecular weight excluding hydrogens is 295 g/mol. The van der Waals surface area contributed by atoms with Crippen molar-refractivity contribution < 1.29 is 17.6 Å². The number of benzene rings is 1. The number of para-hydroxylation sites is 1. The van der Waals surface area contributed by atoms with Crippen molar-refractivity contribution in [2.24, 2.45) is 0 Å². The van der Waals surface area contributed by atoms with E-state index in [-0.39, 0.29) is 13.1 Å². The number of rotatable bonds is 3. The van der Waals surface area contributed by atoms with Crippen molar-refractivity contribution in [2.75, 3.05) is 23.9 Å². The van der Waals surface area contributed by atoms with Crippen LogP contribution in [0, 0.1) is 0 Å². The quantitative estimate of drug-likeness (QED) is 0.785. The van der Waals surface area contributed by atoms with Crippen LogP contribution in [0.15, 0.2) is 36.7 Å². The van der Waals surface area contributed by atoms with E-state index >= 15 is 0 Å². The molecule has 3 rings (SSSR count). The minimum Gasteiger partial charge on any atom is -0.334 e. The van der Waals surface area contributed by atoms with Gasteiger partial charge in [0.05, 0.1) is 5.69 Å². The van der Waals surface area contributed by atoms with Crippen LogP contribution in [0.25, 0.3) is 0 Å². The zero-order valence-electron chi connectivity index (χ0n) is 11.3. The third-order valence-corrected chi connectivity index (χ3v) is 6.07. The molecule has 0 radical (unpaired) electrons. The van der Waals surface area contributed by atoms with Gasteiger partial charge in [-0.1, -0.05) is 24.8 Å². The molecule has 0 aromatic heterocycles. The van der Waals surface area contributed by atoms with Gasteiger partial charge in [0.2, 0.25) is 10.0 Å². The summed E-state index contributed by atoms with van der Waals surface area (Å²) < 4.78 is 39.3. The van der Waals surface area contributed by atoms with Gasteiger partial charge in [-0.3, -0.25) is 9.10 Å². The first kappa shape index (κ1) is 14.1. The first-order chi connectivity index (χ1) is 9.91. The van der Waals surface area contributed by atoms with Crippen molar-refractivity contribution in [3.8, 4) is 0 Å². The first-order valence-electron chi connectivity index (χ1n) is 6.64. The molecule has 2 aliphatic heterocycles. The Morgan fingerprint density at radius 1 is 1.29 bits per heavy atom. The second-order valence-corrected chi connectivity index (χ2v) is 7.37. The zero-order valence-corrected chi connectivity index (χ0v) is 12.1. The number of carbonyl (C=O) groups excluding carboxylic acids is 1. The number of anilines is 1. The molecule has 112 valence electrons. The molecule has 5 nitrogen and oxygen atoms in total. The molecule has 21 heavy (non-hydrogen) atoms. The van der Waals surface area contributed by atoms with Crippen molar-refractivity contribution in [3.63, 3.8) is 0 Å². The molecule has 0 spiro atoms. The summed E-state index contributed by atoms with van der Waals surface area (Å²) in [4.78, 5) is 12.5. The summed E-state index contributed by atoms with van der Waals surface area (Å²) in [6, 6.07) is 7.38. The van der Waals surface area contributed by atoms with E-state index in [1.54, 1.807) is 12.1 Å². The molecule has 0 bridgehead atoms. The maximum atomic E-state index is 12.7. The minimum atomic E-state index is -3.52. The van der Waals surface area contributed by atoms with Crippen LogP contribution >= 0.6 is 0 Å². The lowest BCUT2D eigenvalue weighted by atomic mass is 10.2. The van der Waals surface area contributed by atoms with Crippen LogP contribution in [0.1, 0.15) is 5.56 Å². The van der Waals surface area contributed by atoms with Crippen LogP contribution in [0.2, 0.25) is 0 Å². The number of amides is 1. The highest BCUT2D eigenvalue weighted by atomic mass is 32.2. The molecule has 2 heterocycles. The van der Waals surface area contributed by atoms with Crippen LogP contribution in [-0.2, 0) is 21.2 Å². The standard InChI is InChI=1S/C14H15FN2O3S/c1-10(15)14(18)16-8-12(9-16)21(19,20)17-7-6-11-4-2-3-5-13(11)17/h2-5,12H,1,6-9H2. The maximum absolute atomic E-state index is 12.7. The van der Waals surface area contributed by atoms with E-state index in [9.17, 15) is 17.6 Å². The Kier molecular flexibility index (Phi) is 3.24. The summed E-state index contributed by atoms with van der Waals surface area (Å²) in [7, 11) is -3.52.